The van der Waals surface area contributed by atoms with E-state index in [1.807, 2.05) is 6.92 Å². The highest BCUT2D eigenvalue weighted by molar-refractivity contribution is 7.99. The molecule has 0 radical (unpaired) electrons. The molecule has 0 aliphatic heterocycles. The normalized spacial score (nSPS) is 12.8. The highest BCUT2D eigenvalue weighted by atomic mass is 32.2. The molecule has 0 spiro atoms. The predicted molar refractivity (Wildman–Crippen MR) is 111 cm³/mol. The number of hydrogen-bond donors (Lipinski definition) is 1. The molecule has 28 heavy (non-hydrogen) atoms. The van der Waals surface area contributed by atoms with E-state index < -0.39 is 0 Å². The molecule has 1 aliphatic carbocycles. The molecule has 2 heterocycles. The zero-order valence-corrected chi connectivity index (χ0v) is 18.2. The number of hydrogen-bond acceptors (Lipinski definition) is 7. The summed E-state index contributed by atoms with van der Waals surface area (Å²) in [7, 11) is 0. The van der Waals surface area contributed by atoms with Crippen LogP contribution in [0.2, 0.25) is 0 Å². The lowest BCUT2D eigenvalue weighted by Crippen LogP contribution is -2.17. The van der Waals surface area contributed by atoms with Gasteiger partial charge >= 0.3 is 5.97 Å². The number of rotatable bonds is 9. The number of aromatic nitrogens is 3. The van der Waals surface area contributed by atoms with Gasteiger partial charge in [0, 0.05) is 17.8 Å². The molecule has 1 aliphatic rings. The third-order valence-corrected chi connectivity index (χ3v) is 6.72. The van der Waals surface area contributed by atoms with Crippen molar-refractivity contribution in [3.05, 3.63) is 21.8 Å². The number of ether oxygens (including phenoxy) is 1. The third-order valence-electron chi connectivity index (χ3n) is 4.54. The van der Waals surface area contributed by atoms with Gasteiger partial charge in [-0.1, -0.05) is 25.6 Å². The van der Waals surface area contributed by atoms with Gasteiger partial charge in [-0.25, -0.2) is 4.79 Å². The van der Waals surface area contributed by atoms with E-state index in [0.29, 0.717) is 17.2 Å². The van der Waals surface area contributed by atoms with Crippen molar-refractivity contribution < 1.29 is 14.3 Å². The highest BCUT2D eigenvalue weighted by Crippen LogP contribution is 2.39. The van der Waals surface area contributed by atoms with Crippen molar-refractivity contribution in [2.45, 2.75) is 64.6 Å². The van der Waals surface area contributed by atoms with Crippen molar-refractivity contribution in [1.82, 2.24) is 14.8 Å². The van der Waals surface area contributed by atoms with Gasteiger partial charge in [0.25, 0.3) is 0 Å². The van der Waals surface area contributed by atoms with E-state index in [-0.39, 0.29) is 17.6 Å². The molecule has 152 valence electrons. The number of nitrogens with one attached hydrogen (secondary N) is 1. The van der Waals surface area contributed by atoms with E-state index in [4.69, 9.17) is 4.74 Å². The lowest BCUT2D eigenvalue weighted by atomic mass is 10.1. The van der Waals surface area contributed by atoms with Gasteiger partial charge in [0.2, 0.25) is 5.91 Å². The maximum Gasteiger partial charge on any atom is 0.341 e. The Labute approximate surface area is 173 Å². The van der Waals surface area contributed by atoms with E-state index in [1.54, 1.807) is 6.92 Å². The Morgan fingerprint density at radius 2 is 2.07 bits per heavy atom. The molecule has 0 saturated carbocycles. The fourth-order valence-corrected chi connectivity index (χ4v) is 5.42. The minimum absolute atomic E-state index is 0.153. The molecule has 0 atom stereocenters. The molecule has 0 aromatic carbocycles. The van der Waals surface area contributed by atoms with Gasteiger partial charge in [-0.2, -0.15) is 0 Å². The van der Waals surface area contributed by atoms with Crippen LogP contribution >= 0.6 is 23.1 Å². The summed E-state index contributed by atoms with van der Waals surface area (Å²) >= 11 is 2.87. The van der Waals surface area contributed by atoms with Gasteiger partial charge in [-0.3, -0.25) is 4.79 Å². The number of fused-ring (bicyclic) bond motifs is 1. The summed E-state index contributed by atoms with van der Waals surface area (Å²) in [5.41, 5.74) is 1.58. The largest absolute Gasteiger partial charge is 0.462 e. The maximum atomic E-state index is 12.6. The summed E-state index contributed by atoms with van der Waals surface area (Å²) in [6.45, 7) is 7.10. The number of thioether (sulfide) groups is 1. The van der Waals surface area contributed by atoms with Crippen LogP contribution in [0.3, 0.4) is 0 Å². The Balaban J connectivity index is 1.69. The molecule has 3 rings (SSSR count). The second-order valence-electron chi connectivity index (χ2n) is 6.52. The van der Waals surface area contributed by atoms with Gasteiger partial charge in [-0.15, -0.1) is 21.5 Å². The monoisotopic (exact) mass is 422 g/mol. The van der Waals surface area contributed by atoms with Gasteiger partial charge < -0.3 is 14.6 Å². The van der Waals surface area contributed by atoms with E-state index in [1.165, 1.54) is 28.0 Å². The van der Waals surface area contributed by atoms with Gasteiger partial charge in [-0.05, 0) is 38.2 Å². The van der Waals surface area contributed by atoms with Crippen LogP contribution in [0.25, 0.3) is 0 Å². The second-order valence-corrected chi connectivity index (χ2v) is 8.57. The third kappa shape index (κ3) is 4.41. The summed E-state index contributed by atoms with van der Waals surface area (Å²) in [4.78, 5) is 26.1. The number of thiophene rings is 1. The van der Waals surface area contributed by atoms with Crippen molar-refractivity contribution in [3.63, 3.8) is 0 Å². The van der Waals surface area contributed by atoms with Crippen LogP contribution in [0.5, 0.6) is 0 Å². The topological polar surface area (TPSA) is 86.1 Å². The van der Waals surface area contributed by atoms with Crippen LogP contribution < -0.4 is 5.32 Å². The minimum Gasteiger partial charge on any atom is -0.462 e. The standard InChI is InChI=1S/C19H26N4O3S2/c1-4-10-23-14(5-2)21-22-19(23)27-11-15(24)20-17-16(18(25)26-6-3)12-8-7-9-13(12)28-17/h4-11H2,1-3H3,(H,20,24). The first-order chi connectivity index (χ1) is 13.6. The molecule has 0 bridgehead atoms. The Bertz CT molecular complexity index is 860. The summed E-state index contributed by atoms with van der Waals surface area (Å²) in [6.07, 6.45) is 4.66. The fraction of sp³-hybridized carbons (Fsp3) is 0.579. The summed E-state index contributed by atoms with van der Waals surface area (Å²) in [5, 5.41) is 12.7. The lowest BCUT2D eigenvalue weighted by Gasteiger charge is -2.09. The molecule has 2 aromatic rings. The number of nitrogens with zero attached hydrogens (tertiary/aromatic N) is 3. The molecular weight excluding hydrogens is 396 g/mol. The quantitative estimate of drug-likeness (QED) is 0.490. The van der Waals surface area contributed by atoms with Gasteiger partial charge in [0.1, 0.15) is 10.8 Å². The number of carbonyl (C=O) groups is 2. The summed E-state index contributed by atoms with van der Waals surface area (Å²) in [5.74, 6) is 0.653. The minimum atomic E-state index is -0.347. The van der Waals surface area contributed by atoms with Gasteiger partial charge in [0.05, 0.1) is 17.9 Å². The first-order valence-corrected chi connectivity index (χ1v) is 11.6. The number of esters is 1. The average molecular weight is 423 g/mol. The number of aryl methyl sites for hydroxylation is 2. The lowest BCUT2D eigenvalue weighted by molar-refractivity contribution is -0.113. The van der Waals surface area contributed by atoms with E-state index in [9.17, 15) is 9.59 Å². The molecule has 0 unspecified atom stereocenters. The zero-order chi connectivity index (χ0) is 20.1. The molecule has 9 heteroatoms. The first-order valence-electron chi connectivity index (χ1n) is 9.75. The van der Waals surface area contributed by atoms with Crippen LogP contribution in [0, 0.1) is 0 Å². The number of carbonyl (C=O) groups excluding carboxylic acids is 2. The number of amides is 1. The van der Waals surface area contributed by atoms with Crippen LogP contribution in [0.4, 0.5) is 5.00 Å². The Morgan fingerprint density at radius 1 is 1.25 bits per heavy atom. The molecule has 0 saturated heterocycles. The Kier molecular flexibility index (Phi) is 7.12. The van der Waals surface area contributed by atoms with E-state index in [2.05, 4.69) is 27.0 Å². The van der Waals surface area contributed by atoms with Crippen molar-refractivity contribution in [3.8, 4) is 0 Å². The van der Waals surface area contributed by atoms with Crippen molar-refractivity contribution >= 4 is 40.0 Å². The molecule has 0 fully saturated rings. The maximum absolute atomic E-state index is 12.6. The average Bonchev–Trinajstić information content (AvgIpc) is 3.35. The fourth-order valence-electron chi connectivity index (χ4n) is 3.34. The molecule has 1 N–H and O–H groups in total. The molecule has 7 nitrogen and oxygen atoms in total. The van der Waals surface area contributed by atoms with Crippen molar-refractivity contribution in [2.24, 2.45) is 0 Å². The first kappa shape index (κ1) is 20.9. The summed E-state index contributed by atoms with van der Waals surface area (Å²) in [6, 6.07) is 0. The van der Waals surface area contributed by atoms with Crippen LogP contribution in [0.15, 0.2) is 5.16 Å². The SMILES string of the molecule is CCCn1c(CC)nnc1SCC(=O)Nc1sc2c(c1C(=O)OCC)CCC2. The van der Waals surface area contributed by atoms with E-state index >= 15 is 0 Å². The van der Waals surface area contributed by atoms with Crippen molar-refractivity contribution in [1.29, 1.82) is 0 Å². The Morgan fingerprint density at radius 3 is 2.79 bits per heavy atom. The van der Waals surface area contributed by atoms with Gasteiger partial charge in [0.15, 0.2) is 5.16 Å². The number of anilines is 1. The predicted octanol–water partition coefficient (Wildman–Crippen LogP) is 3.71. The Hall–Kier alpha value is -1.87. The zero-order valence-electron chi connectivity index (χ0n) is 16.5. The molecule has 2 aromatic heterocycles. The van der Waals surface area contributed by atoms with Crippen LogP contribution in [0.1, 0.15) is 60.2 Å². The highest BCUT2D eigenvalue weighted by Gasteiger charge is 2.28. The van der Waals surface area contributed by atoms with Crippen molar-refractivity contribution in [2.75, 3.05) is 17.7 Å². The van der Waals surface area contributed by atoms with Crippen LogP contribution in [-0.2, 0) is 35.3 Å². The smallest absolute Gasteiger partial charge is 0.341 e. The second kappa shape index (κ2) is 9.56. The molecule has 1 amide bonds. The van der Waals surface area contributed by atoms with E-state index in [0.717, 1.165) is 55.2 Å². The van der Waals surface area contributed by atoms with Crippen LogP contribution in [-0.4, -0.2) is 39.0 Å². The summed E-state index contributed by atoms with van der Waals surface area (Å²) < 4.78 is 7.28. The molecular formula is C19H26N4O3S2.